The predicted molar refractivity (Wildman–Crippen MR) is 45.9 cm³/mol. The van der Waals surface area contributed by atoms with Gasteiger partial charge in [0.05, 0.1) is 7.11 Å². The number of halogens is 4. The SMILES string of the molecule is COc1ccc(F)c(C(N)C(F)(F)F)c1. The molecule has 0 aromatic heterocycles. The molecular weight excluding hydrogens is 214 g/mol. The second kappa shape index (κ2) is 4.06. The summed E-state index contributed by atoms with van der Waals surface area (Å²) in [6.07, 6.45) is -4.67. The van der Waals surface area contributed by atoms with E-state index in [-0.39, 0.29) is 5.75 Å². The molecule has 0 fully saturated rings. The van der Waals surface area contributed by atoms with Crippen LogP contribution >= 0.6 is 0 Å². The third-order valence-electron chi connectivity index (χ3n) is 1.89. The highest BCUT2D eigenvalue weighted by Crippen LogP contribution is 2.33. The molecular formula is C9H9F4NO. The second-order valence-corrected chi connectivity index (χ2v) is 2.91. The fourth-order valence-electron chi connectivity index (χ4n) is 1.06. The molecule has 15 heavy (non-hydrogen) atoms. The highest BCUT2D eigenvalue weighted by molar-refractivity contribution is 5.32. The third-order valence-corrected chi connectivity index (χ3v) is 1.89. The fourth-order valence-corrected chi connectivity index (χ4v) is 1.06. The zero-order chi connectivity index (χ0) is 11.6. The normalized spacial score (nSPS) is 13.7. The lowest BCUT2D eigenvalue weighted by Crippen LogP contribution is -2.29. The highest BCUT2D eigenvalue weighted by Gasteiger charge is 2.39. The van der Waals surface area contributed by atoms with Gasteiger partial charge in [0.15, 0.2) is 0 Å². The largest absolute Gasteiger partial charge is 0.497 e. The predicted octanol–water partition coefficient (Wildman–Crippen LogP) is 2.40. The lowest BCUT2D eigenvalue weighted by molar-refractivity contribution is -0.149. The number of ether oxygens (including phenoxy) is 1. The molecule has 0 saturated heterocycles. The Bertz CT molecular complexity index is 350. The van der Waals surface area contributed by atoms with E-state index in [4.69, 9.17) is 5.73 Å². The number of rotatable bonds is 2. The van der Waals surface area contributed by atoms with E-state index in [0.717, 1.165) is 12.1 Å². The van der Waals surface area contributed by atoms with E-state index in [9.17, 15) is 17.6 Å². The Balaban J connectivity index is 3.12. The van der Waals surface area contributed by atoms with Crippen molar-refractivity contribution in [2.24, 2.45) is 5.73 Å². The second-order valence-electron chi connectivity index (χ2n) is 2.91. The summed E-state index contributed by atoms with van der Waals surface area (Å²) in [7, 11) is 1.27. The van der Waals surface area contributed by atoms with Crippen molar-refractivity contribution in [1.29, 1.82) is 0 Å². The van der Waals surface area contributed by atoms with Gasteiger partial charge in [0, 0.05) is 5.56 Å². The van der Waals surface area contributed by atoms with E-state index in [1.165, 1.54) is 13.2 Å². The molecule has 0 aliphatic heterocycles. The van der Waals surface area contributed by atoms with Crippen LogP contribution in [0.2, 0.25) is 0 Å². The Labute approximate surface area is 83.6 Å². The number of alkyl halides is 3. The minimum absolute atomic E-state index is 0.131. The summed E-state index contributed by atoms with van der Waals surface area (Å²) >= 11 is 0. The molecule has 0 bridgehead atoms. The molecule has 0 aliphatic carbocycles. The maximum absolute atomic E-state index is 13.1. The van der Waals surface area contributed by atoms with E-state index in [1.54, 1.807) is 0 Å². The van der Waals surface area contributed by atoms with E-state index in [2.05, 4.69) is 4.74 Å². The molecule has 0 heterocycles. The van der Waals surface area contributed by atoms with Crippen molar-refractivity contribution in [2.45, 2.75) is 12.2 Å². The van der Waals surface area contributed by atoms with Crippen LogP contribution < -0.4 is 10.5 Å². The Morgan fingerprint density at radius 2 is 1.93 bits per heavy atom. The van der Waals surface area contributed by atoms with Crippen molar-refractivity contribution < 1.29 is 22.3 Å². The van der Waals surface area contributed by atoms with Gasteiger partial charge in [-0.05, 0) is 18.2 Å². The number of nitrogens with two attached hydrogens (primary N) is 1. The standard InChI is InChI=1S/C9H9F4NO/c1-15-5-2-3-7(10)6(4-5)8(14)9(11,12)13/h2-4,8H,14H2,1H3. The molecule has 0 radical (unpaired) electrons. The smallest absolute Gasteiger partial charge is 0.407 e. The molecule has 0 saturated carbocycles. The molecule has 84 valence electrons. The van der Waals surface area contributed by atoms with Crippen molar-refractivity contribution in [3.05, 3.63) is 29.6 Å². The van der Waals surface area contributed by atoms with Gasteiger partial charge in [-0.15, -0.1) is 0 Å². The van der Waals surface area contributed by atoms with Gasteiger partial charge >= 0.3 is 6.18 Å². The molecule has 0 spiro atoms. The van der Waals surface area contributed by atoms with Crippen LogP contribution in [-0.2, 0) is 0 Å². The topological polar surface area (TPSA) is 35.2 Å². The van der Waals surface area contributed by atoms with Crippen LogP contribution in [0.5, 0.6) is 5.75 Å². The molecule has 0 aliphatic rings. The van der Waals surface area contributed by atoms with Crippen molar-refractivity contribution in [2.75, 3.05) is 7.11 Å². The van der Waals surface area contributed by atoms with Gasteiger partial charge in [0.1, 0.15) is 17.6 Å². The summed E-state index contributed by atoms with van der Waals surface area (Å²) in [5, 5.41) is 0. The molecule has 1 rings (SSSR count). The van der Waals surface area contributed by atoms with Crippen molar-refractivity contribution >= 4 is 0 Å². The highest BCUT2D eigenvalue weighted by atomic mass is 19.4. The molecule has 1 atom stereocenters. The van der Waals surface area contributed by atoms with Gasteiger partial charge in [-0.1, -0.05) is 0 Å². The van der Waals surface area contributed by atoms with Gasteiger partial charge in [-0.2, -0.15) is 13.2 Å². The van der Waals surface area contributed by atoms with Crippen LogP contribution in [0.4, 0.5) is 17.6 Å². The monoisotopic (exact) mass is 223 g/mol. The van der Waals surface area contributed by atoms with Gasteiger partial charge in [-0.3, -0.25) is 0 Å². The number of benzene rings is 1. The van der Waals surface area contributed by atoms with Crippen LogP contribution in [0.25, 0.3) is 0 Å². The van der Waals surface area contributed by atoms with Crippen molar-refractivity contribution in [3.8, 4) is 5.75 Å². The Kier molecular flexibility index (Phi) is 3.18. The molecule has 2 N–H and O–H groups in total. The average Bonchev–Trinajstić information content (AvgIpc) is 2.16. The van der Waals surface area contributed by atoms with E-state index in [1.807, 2.05) is 0 Å². The summed E-state index contributed by atoms with van der Waals surface area (Å²) in [5.41, 5.74) is 4.25. The molecule has 0 amide bonds. The van der Waals surface area contributed by atoms with Gasteiger partial charge in [-0.25, -0.2) is 4.39 Å². The first-order valence-corrected chi connectivity index (χ1v) is 4.02. The van der Waals surface area contributed by atoms with Gasteiger partial charge in [0.25, 0.3) is 0 Å². The lowest BCUT2D eigenvalue weighted by atomic mass is 10.1. The first kappa shape index (κ1) is 11.8. The number of methoxy groups -OCH3 is 1. The maximum Gasteiger partial charge on any atom is 0.407 e. The van der Waals surface area contributed by atoms with Crippen LogP contribution in [0.3, 0.4) is 0 Å². The summed E-state index contributed by atoms with van der Waals surface area (Å²) in [5.74, 6) is -0.869. The fraction of sp³-hybridized carbons (Fsp3) is 0.333. The van der Waals surface area contributed by atoms with Crippen molar-refractivity contribution in [3.63, 3.8) is 0 Å². The lowest BCUT2D eigenvalue weighted by Gasteiger charge is -2.17. The Hall–Kier alpha value is -1.30. The minimum Gasteiger partial charge on any atom is -0.497 e. The summed E-state index contributed by atoms with van der Waals surface area (Å²) < 4.78 is 54.4. The van der Waals surface area contributed by atoms with Gasteiger partial charge < -0.3 is 10.5 Å². The summed E-state index contributed by atoms with van der Waals surface area (Å²) in [6.45, 7) is 0. The Morgan fingerprint density at radius 1 is 1.33 bits per heavy atom. The van der Waals surface area contributed by atoms with Crippen molar-refractivity contribution in [1.82, 2.24) is 0 Å². The van der Waals surface area contributed by atoms with Gasteiger partial charge in [0.2, 0.25) is 0 Å². The molecule has 2 nitrogen and oxygen atoms in total. The molecule has 1 aromatic carbocycles. The molecule has 1 aromatic rings. The van der Waals surface area contributed by atoms with Crippen LogP contribution in [0.1, 0.15) is 11.6 Å². The Morgan fingerprint density at radius 3 is 2.40 bits per heavy atom. The average molecular weight is 223 g/mol. The summed E-state index contributed by atoms with van der Waals surface area (Å²) in [6, 6.07) is 0.711. The van der Waals surface area contributed by atoms with Crippen LogP contribution in [-0.4, -0.2) is 13.3 Å². The van der Waals surface area contributed by atoms with Crippen LogP contribution in [0, 0.1) is 5.82 Å². The maximum atomic E-state index is 13.1. The van der Waals surface area contributed by atoms with E-state index >= 15 is 0 Å². The van der Waals surface area contributed by atoms with E-state index < -0.39 is 23.6 Å². The number of hydrogen-bond acceptors (Lipinski definition) is 2. The van der Waals surface area contributed by atoms with E-state index in [0.29, 0.717) is 0 Å². The zero-order valence-corrected chi connectivity index (χ0v) is 7.81. The zero-order valence-electron chi connectivity index (χ0n) is 7.81. The number of hydrogen-bond donors (Lipinski definition) is 1. The third kappa shape index (κ3) is 2.59. The first-order valence-electron chi connectivity index (χ1n) is 4.02. The molecule has 6 heteroatoms. The minimum atomic E-state index is -4.67. The first-order chi connectivity index (χ1) is 6.86. The van der Waals surface area contributed by atoms with Crippen LogP contribution in [0.15, 0.2) is 18.2 Å². The summed E-state index contributed by atoms with van der Waals surface area (Å²) in [4.78, 5) is 0. The quantitative estimate of drug-likeness (QED) is 0.781. The molecule has 1 unspecified atom stereocenters.